The predicted octanol–water partition coefficient (Wildman–Crippen LogP) is 4.44. The van der Waals surface area contributed by atoms with Crippen LogP contribution in [0.5, 0.6) is 5.75 Å². The fourth-order valence-electron chi connectivity index (χ4n) is 2.64. The van der Waals surface area contributed by atoms with Crippen molar-refractivity contribution < 1.29 is 19.7 Å². The summed E-state index contributed by atoms with van der Waals surface area (Å²) in [4.78, 5) is 11.3. The number of aliphatic hydroxyl groups is 1. The second kappa shape index (κ2) is 11.9. The molecule has 0 atom stereocenters. The number of hydrogen-bond acceptors (Lipinski definition) is 3. The van der Waals surface area contributed by atoms with Crippen LogP contribution in [-0.4, -0.2) is 29.4 Å². The Morgan fingerprint density at radius 1 is 1.04 bits per heavy atom. The molecule has 0 amide bonds. The topological polar surface area (TPSA) is 66.8 Å². The van der Waals surface area contributed by atoms with Crippen molar-refractivity contribution in [3.8, 4) is 5.75 Å². The van der Waals surface area contributed by atoms with Crippen LogP contribution in [0.25, 0.3) is 0 Å². The number of hydrogen-bond donors (Lipinski definition) is 2. The van der Waals surface area contributed by atoms with Gasteiger partial charge in [-0.2, -0.15) is 0 Å². The van der Waals surface area contributed by atoms with Gasteiger partial charge in [0.25, 0.3) is 0 Å². The van der Waals surface area contributed by atoms with Gasteiger partial charge in [0.2, 0.25) is 0 Å². The lowest BCUT2D eigenvalue weighted by molar-refractivity contribution is 0.0690. The summed E-state index contributed by atoms with van der Waals surface area (Å²) >= 11 is 0. The average molecular weight is 322 g/mol. The lowest BCUT2D eigenvalue weighted by atomic mass is 10.0. The molecule has 0 saturated heterocycles. The molecule has 1 aromatic rings. The van der Waals surface area contributed by atoms with Crippen LogP contribution in [0.4, 0.5) is 0 Å². The fourth-order valence-corrected chi connectivity index (χ4v) is 2.64. The Hall–Kier alpha value is -1.55. The number of rotatable bonds is 13. The summed E-state index contributed by atoms with van der Waals surface area (Å²) in [6.45, 7) is 2.21. The molecule has 0 radical (unpaired) electrons. The molecule has 23 heavy (non-hydrogen) atoms. The van der Waals surface area contributed by atoms with Gasteiger partial charge in [-0.1, -0.05) is 57.9 Å². The number of carboxylic acid groups (broad SMARTS) is 1. The van der Waals surface area contributed by atoms with Crippen molar-refractivity contribution in [1.82, 2.24) is 0 Å². The minimum Gasteiger partial charge on any atom is -0.490 e. The number of aryl methyl sites for hydroxylation is 1. The van der Waals surface area contributed by atoms with Gasteiger partial charge in [0.1, 0.15) is 17.9 Å². The van der Waals surface area contributed by atoms with E-state index in [0.717, 1.165) is 18.4 Å². The minimum absolute atomic E-state index is 0.109. The molecule has 130 valence electrons. The van der Waals surface area contributed by atoms with Gasteiger partial charge in [-0.15, -0.1) is 0 Å². The van der Waals surface area contributed by atoms with E-state index in [4.69, 9.17) is 9.84 Å². The number of aliphatic hydroxyl groups excluding tert-OH is 1. The Kier molecular flexibility index (Phi) is 10.1. The molecule has 0 spiro atoms. The number of aromatic carboxylic acids is 1. The van der Waals surface area contributed by atoms with Crippen LogP contribution >= 0.6 is 0 Å². The maximum absolute atomic E-state index is 11.3. The highest BCUT2D eigenvalue weighted by Gasteiger charge is 2.12. The Morgan fingerprint density at radius 2 is 1.70 bits per heavy atom. The summed E-state index contributed by atoms with van der Waals surface area (Å²) in [6, 6.07) is 5.30. The predicted molar refractivity (Wildman–Crippen MR) is 92.3 cm³/mol. The van der Waals surface area contributed by atoms with Crippen molar-refractivity contribution in [2.24, 2.45) is 0 Å². The molecular weight excluding hydrogens is 292 g/mol. The highest BCUT2D eigenvalue weighted by atomic mass is 16.5. The molecular formula is C19H30O4. The molecule has 0 unspecified atom stereocenters. The van der Waals surface area contributed by atoms with Crippen LogP contribution in [0.3, 0.4) is 0 Å². The van der Waals surface area contributed by atoms with Gasteiger partial charge >= 0.3 is 5.97 Å². The smallest absolute Gasteiger partial charge is 0.339 e. The van der Waals surface area contributed by atoms with E-state index in [-0.39, 0.29) is 18.8 Å². The molecule has 4 heteroatoms. The fraction of sp³-hybridized carbons (Fsp3) is 0.632. The van der Waals surface area contributed by atoms with Crippen LogP contribution in [-0.2, 0) is 6.42 Å². The van der Waals surface area contributed by atoms with Gasteiger partial charge in [0.05, 0.1) is 6.61 Å². The zero-order valence-electron chi connectivity index (χ0n) is 14.2. The molecule has 0 aliphatic carbocycles. The molecule has 1 aromatic carbocycles. The second-order valence-corrected chi connectivity index (χ2v) is 5.93. The number of ether oxygens (including phenoxy) is 1. The van der Waals surface area contributed by atoms with Crippen molar-refractivity contribution in [1.29, 1.82) is 0 Å². The summed E-state index contributed by atoms with van der Waals surface area (Å²) in [6.07, 6.45) is 11.0. The lowest BCUT2D eigenvalue weighted by Gasteiger charge is -2.10. The molecule has 2 N–H and O–H groups in total. The second-order valence-electron chi connectivity index (χ2n) is 5.93. The Balaban J connectivity index is 2.36. The number of benzene rings is 1. The molecule has 0 aromatic heterocycles. The van der Waals surface area contributed by atoms with Crippen molar-refractivity contribution in [3.05, 3.63) is 29.3 Å². The standard InChI is InChI=1S/C19H30O4/c1-2-3-4-5-6-7-8-9-10-16-11-12-18(23-14-13-20)17(15-16)19(21)22/h11-12,15,20H,2-10,13-14H2,1H3,(H,21,22). The van der Waals surface area contributed by atoms with Crippen LogP contribution in [0.15, 0.2) is 18.2 Å². The largest absolute Gasteiger partial charge is 0.490 e. The van der Waals surface area contributed by atoms with Gasteiger partial charge in [-0.25, -0.2) is 4.79 Å². The van der Waals surface area contributed by atoms with Gasteiger partial charge in [-0.05, 0) is 30.5 Å². The van der Waals surface area contributed by atoms with E-state index >= 15 is 0 Å². The van der Waals surface area contributed by atoms with Crippen molar-refractivity contribution in [2.45, 2.75) is 64.7 Å². The zero-order valence-corrected chi connectivity index (χ0v) is 14.2. The minimum atomic E-state index is -0.990. The molecule has 4 nitrogen and oxygen atoms in total. The first-order chi connectivity index (χ1) is 11.2. The molecule has 0 bridgehead atoms. The van der Waals surface area contributed by atoms with E-state index in [9.17, 15) is 9.90 Å². The summed E-state index contributed by atoms with van der Waals surface area (Å²) < 4.78 is 5.26. The van der Waals surface area contributed by atoms with Crippen LogP contribution < -0.4 is 4.74 Å². The van der Waals surface area contributed by atoms with Crippen molar-refractivity contribution in [3.63, 3.8) is 0 Å². The highest BCUT2D eigenvalue weighted by molar-refractivity contribution is 5.91. The van der Waals surface area contributed by atoms with Gasteiger partial charge in [0.15, 0.2) is 0 Å². The summed E-state index contributed by atoms with van der Waals surface area (Å²) in [7, 11) is 0. The Bertz CT molecular complexity index is 457. The van der Waals surface area contributed by atoms with E-state index in [0.29, 0.717) is 5.75 Å². The molecule has 0 aliphatic heterocycles. The van der Waals surface area contributed by atoms with E-state index in [2.05, 4.69) is 6.92 Å². The third kappa shape index (κ3) is 8.03. The Labute approximate surface area is 139 Å². The number of carboxylic acids is 1. The SMILES string of the molecule is CCCCCCCCCCc1ccc(OCCO)c(C(=O)O)c1. The zero-order chi connectivity index (χ0) is 16.9. The maximum Gasteiger partial charge on any atom is 0.339 e. The van der Waals surface area contributed by atoms with E-state index < -0.39 is 5.97 Å². The van der Waals surface area contributed by atoms with Crippen LogP contribution in [0.2, 0.25) is 0 Å². The molecule has 0 heterocycles. The van der Waals surface area contributed by atoms with Gasteiger partial charge in [0, 0.05) is 0 Å². The average Bonchev–Trinajstić information content (AvgIpc) is 2.55. The molecule has 0 saturated carbocycles. The van der Waals surface area contributed by atoms with Crippen molar-refractivity contribution in [2.75, 3.05) is 13.2 Å². The van der Waals surface area contributed by atoms with E-state index in [1.807, 2.05) is 6.07 Å². The first-order valence-corrected chi connectivity index (χ1v) is 8.79. The quantitative estimate of drug-likeness (QED) is 0.527. The first kappa shape index (κ1) is 19.5. The molecule has 0 aliphatic rings. The number of carbonyl (C=O) groups is 1. The van der Waals surface area contributed by atoms with Crippen LogP contribution in [0.1, 0.15) is 74.2 Å². The van der Waals surface area contributed by atoms with Crippen molar-refractivity contribution >= 4 is 5.97 Å². The monoisotopic (exact) mass is 322 g/mol. The summed E-state index contributed by atoms with van der Waals surface area (Å²) in [5.74, 6) is -0.665. The van der Waals surface area contributed by atoms with E-state index in [1.165, 1.54) is 44.9 Å². The third-order valence-electron chi connectivity index (χ3n) is 3.94. The summed E-state index contributed by atoms with van der Waals surface area (Å²) in [5, 5.41) is 18.0. The summed E-state index contributed by atoms with van der Waals surface area (Å²) in [5.41, 5.74) is 1.21. The van der Waals surface area contributed by atoms with E-state index in [1.54, 1.807) is 12.1 Å². The van der Waals surface area contributed by atoms with Gasteiger partial charge in [-0.3, -0.25) is 0 Å². The van der Waals surface area contributed by atoms with Gasteiger partial charge < -0.3 is 14.9 Å². The maximum atomic E-state index is 11.3. The number of unbranched alkanes of at least 4 members (excludes halogenated alkanes) is 7. The highest BCUT2D eigenvalue weighted by Crippen LogP contribution is 2.22. The normalized spacial score (nSPS) is 10.7. The first-order valence-electron chi connectivity index (χ1n) is 8.79. The molecule has 1 rings (SSSR count). The lowest BCUT2D eigenvalue weighted by Crippen LogP contribution is -2.07. The Morgan fingerprint density at radius 3 is 2.30 bits per heavy atom. The van der Waals surface area contributed by atoms with Crippen LogP contribution in [0, 0.1) is 0 Å². The third-order valence-corrected chi connectivity index (χ3v) is 3.94. The molecule has 0 fully saturated rings.